The maximum absolute atomic E-state index is 12.7. The molecule has 1 aromatic rings. The second-order valence-corrected chi connectivity index (χ2v) is 8.95. The number of β-lactam (4-membered cyclic amide) rings is 1. The molecular weight excluding hydrogens is 469 g/mol. The summed E-state index contributed by atoms with van der Waals surface area (Å²) in [4.78, 5) is 42.0. The van der Waals surface area contributed by atoms with Gasteiger partial charge in [0.15, 0.2) is 10.8 Å². The fourth-order valence-electron chi connectivity index (χ4n) is 3.56. The number of aliphatic carboxylic acids is 1. The van der Waals surface area contributed by atoms with E-state index in [0.717, 1.165) is 29.1 Å². The van der Waals surface area contributed by atoms with Crippen LogP contribution >= 0.6 is 23.1 Å². The largest absolute Gasteiger partial charge is 1.00 e. The quantitative estimate of drug-likeness (QED) is 0.119. The van der Waals surface area contributed by atoms with E-state index in [2.05, 4.69) is 15.5 Å². The summed E-state index contributed by atoms with van der Waals surface area (Å²) in [6.45, 7) is 0.664. The molecule has 0 aliphatic carbocycles. The van der Waals surface area contributed by atoms with Crippen LogP contribution in [0.25, 0.3) is 0 Å². The van der Waals surface area contributed by atoms with Crippen LogP contribution in [0.3, 0.4) is 0 Å². The van der Waals surface area contributed by atoms with Crippen LogP contribution in [0.2, 0.25) is 0 Å². The van der Waals surface area contributed by atoms with Crippen molar-refractivity contribution in [3.63, 3.8) is 0 Å². The number of hydrogen-bond acceptors (Lipinski definition) is 11. The monoisotopic (exact) mass is 487 g/mol. The van der Waals surface area contributed by atoms with Gasteiger partial charge in [-0.1, -0.05) is 17.3 Å². The second-order valence-electron chi connectivity index (χ2n) is 6.95. The average Bonchev–Trinajstić information content (AvgIpc) is 3.42. The predicted molar refractivity (Wildman–Crippen MR) is 110 cm³/mol. The van der Waals surface area contributed by atoms with Crippen LogP contribution in [-0.2, 0) is 19.1 Å². The molecular formula is C18H18N5NaO6S2. The Morgan fingerprint density at radius 3 is 2.84 bits per heavy atom. The van der Waals surface area contributed by atoms with Gasteiger partial charge in [0.05, 0.1) is 17.8 Å². The van der Waals surface area contributed by atoms with Gasteiger partial charge in [0.2, 0.25) is 0 Å². The number of nitrogen functional groups attached to an aromatic ring is 1. The Morgan fingerprint density at radius 1 is 1.47 bits per heavy atom. The number of anilines is 1. The molecule has 0 aromatic carbocycles. The Labute approximate surface area is 213 Å². The third-order valence-corrected chi connectivity index (χ3v) is 7.01. The molecule has 14 heteroatoms. The summed E-state index contributed by atoms with van der Waals surface area (Å²) in [5.41, 5.74) is 5.45. The van der Waals surface area contributed by atoms with Gasteiger partial charge >= 0.3 is 29.6 Å². The van der Waals surface area contributed by atoms with Gasteiger partial charge < -0.3 is 30.9 Å². The summed E-state index contributed by atoms with van der Waals surface area (Å²) < 4.78 is 5.50. The van der Waals surface area contributed by atoms with E-state index in [1.54, 1.807) is 12.2 Å². The minimum Gasteiger partial charge on any atom is -0.543 e. The van der Waals surface area contributed by atoms with Crippen molar-refractivity contribution in [2.45, 2.75) is 30.4 Å². The number of ether oxygens (including phenoxy) is 1. The van der Waals surface area contributed by atoms with E-state index in [1.165, 1.54) is 17.1 Å². The third-order valence-electron chi connectivity index (χ3n) is 5.03. The average molecular weight is 487 g/mol. The molecule has 2 saturated heterocycles. The van der Waals surface area contributed by atoms with Crippen molar-refractivity contribution in [1.29, 1.82) is 0 Å². The number of rotatable bonds is 6. The Bertz CT molecular complexity index is 1020. The molecule has 0 spiro atoms. The summed E-state index contributed by atoms with van der Waals surface area (Å²) in [5.74, 6) is -2.57. The second kappa shape index (κ2) is 10.4. The van der Waals surface area contributed by atoms with E-state index < -0.39 is 34.9 Å². The Hall–Kier alpha value is -1.90. The van der Waals surface area contributed by atoms with E-state index in [9.17, 15) is 24.7 Å². The molecule has 2 amide bonds. The number of fused-ring (bicyclic) bond motifs is 1. The van der Waals surface area contributed by atoms with Gasteiger partial charge in [-0.3, -0.25) is 14.5 Å². The summed E-state index contributed by atoms with van der Waals surface area (Å²) in [7, 11) is 0. The maximum atomic E-state index is 12.7. The number of carbonyl (C=O) groups is 3. The van der Waals surface area contributed by atoms with Crippen LogP contribution in [0.4, 0.5) is 5.13 Å². The summed E-state index contributed by atoms with van der Waals surface area (Å²) in [6, 6.07) is -0.983. The number of carboxylic acid groups (broad SMARTS) is 1. The van der Waals surface area contributed by atoms with Crippen molar-refractivity contribution in [2.75, 3.05) is 18.1 Å². The van der Waals surface area contributed by atoms with Crippen LogP contribution in [0.15, 0.2) is 34.0 Å². The molecule has 1 aromatic heterocycles. The Morgan fingerprint density at radius 2 is 2.25 bits per heavy atom. The van der Waals surface area contributed by atoms with E-state index >= 15 is 0 Å². The fourth-order valence-corrected chi connectivity index (χ4v) is 5.42. The van der Waals surface area contributed by atoms with Crippen LogP contribution in [0.5, 0.6) is 0 Å². The van der Waals surface area contributed by atoms with Gasteiger partial charge in [-0.15, -0.1) is 23.1 Å². The van der Waals surface area contributed by atoms with Gasteiger partial charge in [0, 0.05) is 17.7 Å². The number of amides is 2. The van der Waals surface area contributed by atoms with E-state index in [-0.39, 0.29) is 52.2 Å². The molecule has 2 fully saturated rings. The normalized spacial score (nSPS) is 25.4. The first kappa shape index (κ1) is 24.7. The first-order valence-electron chi connectivity index (χ1n) is 9.34. The predicted octanol–water partition coefficient (Wildman–Crippen LogP) is -3.95. The van der Waals surface area contributed by atoms with Gasteiger partial charge in [-0.05, 0) is 18.4 Å². The molecule has 1 unspecified atom stereocenters. The molecule has 32 heavy (non-hydrogen) atoms. The van der Waals surface area contributed by atoms with E-state index in [1.807, 2.05) is 0 Å². The number of carboxylic acids is 1. The minimum absolute atomic E-state index is 0. The standard InChI is InChI=1S/C18H19N5O6S2.Na/c19-18-20-10(7-31-18)11(22-28)14(24)21-12-15(25)23-13(17(26)27)8(6-30-16(12)23)3-4-9-2-1-5-29-9;/h3-4,7,9,12,16,28H,1-2,5-6H2,(H2,19,20)(H,21,24)(H,26,27);/q;+1/p-1/b4-3+,22-11-;/t9?,12-,16-;/m1./s1. The molecule has 3 aliphatic rings. The molecule has 4 rings (SSSR count). The number of thiazole rings is 1. The van der Waals surface area contributed by atoms with Crippen molar-refractivity contribution >= 4 is 51.7 Å². The molecule has 0 radical (unpaired) electrons. The number of aromatic nitrogens is 1. The topological polar surface area (TPSA) is 170 Å². The van der Waals surface area contributed by atoms with Gasteiger partial charge in [0.25, 0.3) is 11.8 Å². The summed E-state index contributed by atoms with van der Waals surface area (Å²) >= 11 is 2.37. The van der Waals surface area contributed by atoms with Crippen LogP contribution in [0.1, 0.15) is 18.5 Å². The summed E-state index contributed by atoms with van der Waals surface area (Å²) in [6.07, 6.45) is 5.17. The van der Waals surface area contributed by atoms with Crippen LogP contribution < -0.4 is 45.7 Å². The van der Waals surface area contributed by atoms with Crippen LogP contribution in [0, 0.1) is 0 Å². The molecule has 4 heterocycles. The fraction of sp³-hybridized carbons (Fsp3) is 0.389. The number of nitrogens with one attached hydrogen (secondary N) is 1. The number of nitrogens with two attached hydrogens (primary N) is 1. The number of thioether (sulfide) groups is 1. The van der Waals surface area contributed by atoms with Gasteiger partial charge in [0.1, 0.15) is 17.1 Å². The zero-order valence-corrected chi connectivity index (χ0v) is 20.6. The third kappa shape index (κ3) is 4.72. The Kier molecular flexibility index (Phi) is 8.01. The molecule has 0 saturated carbocycles. The SMILES string of the molecule is Nc1nc(/C(=N/O)C(=O)N[C@@H]2C(=O)N3C(C(=O)[O-])=C(/C=C/C4CCCO4)CS[C@H]23)cs1.[Na+]. The molecule has 3 aliphatic heterocycles. The molecule has 4 N–H and O–H groups in total. The number of allylic oxidation sites excluding steroid dienone is 1. The minimum atomic E-state index is -1.47. The smallest absolute Gasteiger partial charge is 0.543 e. The number of nitrogens with zero attached hydrogens (tertiary/aromatic N) is 3. The van der Waals surface area contributed by atoms with Crippen molar-refractivity contribution in [1.82, 2.24) is 15.2 Å². The maximum Gasteiger partial charge on any atom is 1.00 e. The van der Waals surface area contributed by atoms with Gasteiger partial charge in [-0.25, -0.2) is 4.98 Å². The van der Waals surface area contributed by atoms with Crippen LogP contribution in [-0.4, -0.2) is 68.5 Å². The summed E-state index contributed by atoms with van der Waals surface area (Å²) in [5, 5.41) is 27.4. The molecule has 3 atom stereocenters. The van der Waals surface area contributed by atoms with Crippen molar-refractivity contribution in [3.05, 3.63) is 34.5 Å². The molecule has 11 nitrogen and oxygen atoms in total. The Balaban J connectivity index is 0.00000289. The van der Waals surface area contributed by atoms with E-state index in [0.29, 0.717) is 17.9 Å². The first-order chi connectivity index (χ1) is 14.9. The number of hydrogen-bond donors (Lipinski definition) is 3. The van der Waals surface area contributed by atoms with Crippen molar-refractivity contribution < 1.29 is 59.0 Å². The molecule has 164 valence electrons. The zero-order chi connectivity index (χ0) is 22.1. The van der Waals surface area contributed by atoms with Crippen molar-refractivity contribution in [3.8, 4) is 0 Å². The first-order valence-corrected chi connectivity index (χ1v) is 11.3. The number of oxime groups is 1. The molecule has 0 bridgehead atoms. The zero-order valence-electron chi connectivity index (χ0n) is 17.0. The number of carbonyl (C=O) groups excluding carboxylic acids is 3. The van der Waals surface area contributed by atoms with Crippen molar-refractivity contribution in [2.24, 2.45) is 5.16 Å². The van der Waals surface area contributed by atoms with E-state index in [4.69, 9.17) is 10.5 Å². The van der Waals surface area contributed by atoms with Gasteiger partial charge in [-0.2, -0.15) is 0 Å².